The van der Waals surface area contributed by atoms with E-state index in [2.05, 4.69) is 44.3 Å². The minimum Gasteiger partial charge on any atom is -0.378 e. The Balaban J connectivity index is 2.79. The van der Waals surface area contributed by atoms with Crippen molar-refractivity contribution in [2.75, 3.05) is 31.1 Å². The third-order valence-corrected chi connectivity index (χ3v) is 5.25. The molecule has 0 amide bonds. The van der Waals surface area contributed by atoms with Crippen LogP contribution >= 0.6 is 23.1 Å². The summed E-state index contributed by atoms with van der Waals surface area (Å²) in [6.45, 7) is 8.03. The van der Waals surface area contributed by atoms with Gasteiger partial charge in [-0.3, -0.25) is 0 Å². The highest BCUT2D eigenvalue weighted by atomic mass is 32.2. The van der Waals surface area contributed by atoms with Crippen LogP contribution in [0.25, 0.3) is 0 Å². The van der Waals surface area contributed by atoms with Gasteiger partial charge in [-0.05, 0) is 25.4 Å². The molecule has 4 nitrogen and oxygen atoms in total. The largest absolute Gasteiger partial charge is 0.378 e. The molecule has 21 heavy (non-hydrogen) atoms. The average Bonchev–Trinajstić information content (AvgIpc) is 2.85. The van der Waals surface area contributed by atoms with Crippen LogP contribution in [0.5, 0.6) is 0 Å². The van der Waals surface area contributed by atoms with Crippen LogP contribution in [-0.4, -0.2) is 43.2 Å². The van der Waals surface area contributed by atoms with E-state index >= 15 is 0 Å². The van der Waals surface area contributed by atoms with E-state index < -0.39 is 0 Å². The van der Waals surface area contributed by atoms with Crippen molar-refractivity contribution >= 4 is 28.2 Å². The Labute approximate surface area is 137 Å². The van der Waals surface area contributed by atoms with E-state index in [0.717, 1.165) is 17.4 Å². The lowest BCUT2D eigenvalue weighted by molar-refractivity contribution is 0.181. The quantitative estimate of drug-likeness (QED) is 0.711. The Kier molecular flexibility index (Phi) is 8.63. The van der Waals surface area contributed by atoms with E-state index in [9.17, 15) is 0 Å². The minimum absolute atomic E-state index is 0.476. The number of aromatic nitrogens is 1. The second kappa shape index (κ2) is 9.66. The van der Waals surface area contributed by atoms with Crippen LogP contribution in [0.15, 0.2) is 0 Å². The van der Waals surface area contributed by atoms with Crippen molar-refractivity contribution in [3.05, 3.63) is 10.6 Å². The fourth-order valence-electron chi connectivity index (χ4n) is 1.88. The van der Waals surface area contributed by atoms with Crippen molar-refractivity contribution in [2.45, 2.75) is 52.4 Å². The van der Waals surface area contributed by atoms with Gasteiger partial charge in [0.2, 0.25) is 0 Å². The Bertz CT molecular complexity index is 410. The van der Waals surface area contributed by atoms with Crippen molar-refractivity contribution in [1.82, 2.24) is 10.3 Å². The first-order valence-corrected chi connectivity index (χ1v) is 9.63. The molecule has 1 heterocycles. The molecule has 1 aromatic rings. The fourth-order valence-corrected chi connectivity index (χ4v) is 3.53. The number of nitrogens with zero attached hydrogens (tertiary/aromatic N) is 2. The molecule has 6 heteroatoms. The second-order valence-corrected chi connectivity index (χ2v) is 7.62. The van der Waals surface area contributed by atoms with Gasteiger partial charge in [0.1, 0.15) is 0 Å². The molecule has 0 fully saturated rings. The Morgan fingerprint density at radius 2 is 2.10 bits per heavy atom. The molecule has 122 valence electrons. The summed E-state index contributed by atoms with van der Waals surface area (Å²) in [4.78, 5) is 8.35. The predicted molar refractivity (Wildman–Crippen MR) is 95.7 cm³/mol. The van der Waals surface area contributed by atoms with Crippen LogP contribution in [-0.2, 0) is 17.9 Å². The van der Waals surface area contributed by atoms with Gasteiger partial charge in [0.25, 0.3) is 0 Å². The first-order chi connectivity index (χ1) is 9.99. The maximum absolute atomic E-state index is 5.29. The van der Waals surface area contributed by atoms with Crippen molar-refractivity contribution in [1.29, 1.82) is 0 Å². The first kappa shape index (κ1) is 18.7. The molecule has 0 aromatic carbocycles. The molecule has 0 saturated heterocycles. The lowest BCUT2D eigenvalue weighted by atomic mass is 10.2. The summed E-state index contributed by atoms with van der Waals surface area (Å²) in [6.07, 6.45) is 3.33. The molecule has 1 atom stereocenters. The van der Waals surface area contributed by atoms with E-state index in [1.54, 1.807) is 18.4 Å². The number of methoxy groups -OCH3 is 1. The third kappa shape index (κ3) is 6.14. The smallest absolute Gasteiger partial charge is 0.185 e. The molecule has 0 aliphatic rings. The molecule has 0 saturated carbocycles. The average molecular weight is 332 g/mol. The molecule has 1 rings (SSSR count). The highest BCUT2D eigenvalue weighted by Crippen LogP contribution is 2.28. The predicted octanol–water partition coefficient (Wildman–Crippen LogP) is 3.37. The van der Waals surface area contributed by atoms with E-state index in [1.165, 1.54) is 17.1 Å². The number of thiazole rings is 1. The second-order valence-electron chi connectivity index (χ2n) is 5.58. The number of hydrogen-bond donors (Lipinski definition) is 1. The zero-order chi connectivity index (χ0) is 15.8. The number of ether oxygens (including phenoxy) is 1. The molecule has 1 aromatic heterocycles. The summed E-state index contributed by atoms with van der Waals surface area (Å²) < 4.78 is 5.29. The van der Waals surface area contributed by atoms with Gasteiger partial charge in [-0.2, -0.15) is 11.8 Å². The topological polar surface area (TPSA) is 37.4 Å². The normalized spacial score (nSPS) is 12.9. The summed E-state index contributed by atoms with van der Waals surface area (Å²) in [5, 5.41) is 4.56. The lowest BCUT2D eigenvalue weighted by Gasteiger charge is -2.23. The molecular weight excluding hydrogens is 302 g/mol. The number of hydrogen-bond acceptors (Lipinski definition) is 6. The molecule has 0 radical (unpaired) electrons. The van der Waals surface area contributed by atoms with E-state index in [1.807, 2.05) is 11.8 Å². The highest BCUT2D eigenvalue weighted by molar-refractivity contribution is 7.98. The standard InChI is InChI=1S/C15H29N3OS2/c1-11(2)16-9-14-13(10-19-5)17-15(21-14)18(4)12(3)7-8-20-6/h11-12,16H,7-10H2,1-6H3. The number of anilines is 1. The molecule has 0 bridgehead atoms. The maximum atomic E-state index is 5.29. The Morgan fingerprint density at radius 3 is 2.67 bits per heavy atom. The number of rotatable bonds is 10. The fraction of sp³-hybridized carbons (Fsp3) is 0.800. The summed E-state index contributed by atoms with van der Waals surface area (Å²) in [6, 6.07) is 0.981. The number of nitrogens with one attached hydrogen (secondary N) is 1. The van der Waals surface area contributed by atoms with Crippen LogP contribution in [0.2, 0.25) is 0 Å². The van der Waals surface area contributed by atoms with Crippen molar-refractivity contribution in [3.63, 3.8) is 0 Å². The molecular formula is C15H29N3OS2. The van der Waals surface area contributed by atoms with Crippen LogP contribution in [0.1, 0.15) is 37.8 Å². The van der Waals surface area contributed by atoms with Crippen molar-refractivity contribution in [2.24, 2.45) is 0 Å². The molecule has 0 spiro atoms. The summed E-state index contributed by atoms with van der Waals surface area (Å²) >= 11 is 3.67. The van der Waals surface area contributed by atoms with Gasteiger partial charge in [0, 0.05) is 37.7 Å². The van der Waals surface area contributed by atoms with Gasteiger partial charge >= 0.3 is 0 Å². The van der Waals surface area contributed by atoms with E-state index in [4.69, 9.17) is 9.72 Å². The van der Waals surface area contributed by atoms with Gasteiger partial charge < -0.3 is 15.0 Å². The van der Waals surface area contributed by atoms with Crippen LogP contribution < -0.4 is 10.2 Å². The van der Waals surface area contributed by atoms with Gasteiger partial charge in [0.15, 0.2) is 5.13 Å². The van der Waals surface area contributed by atoms with E-state index in [-0.39, 0.29) is 0 Å². The molecule has 0 aliphatic carbocycles. The van der Waals surface area contributed by atoms with E-state index in [0.29, 0.717) is 18.7 Å². The SMILES string of the molecule is COCc1nc(N(C)C(C)CCSC)sc1CNC(C)C. The van der Waals surface area contributed by atoms with Gasteiger partial charge in [0.05, 0.1) is 12.3 Å². The van der Waals surface area contributed by atoms with Gasteiger partial charge in [-0.15, -0.1) is 11.3 Å². The molecule has 1 N–H and O–H groups in total. The Hall–Kier alpha value is -0.300. The summed E-state index contributed by atoms with van der Waals surface area (Å²) in [5.41, 5.74) is 1.06. The first-order valence-electron chi connectivity index (χ1n) is 7.42. The van der Waals surface area contributed by atoms with Gasteiger partial charge in [-0.25, -0.2) is 4.98 Å². The minimum atomic E-state index is 0.476. The molecule has 1 unspecified atom stereocenters. The van der Waals surface area contributed by atoms with Crippen LogP contribution in [0, 0.1) is 0 Å². The van der Waals surface area contributed by atoms with Crippen LogP contribution in [0.4, 0.5) is 5.13 Å². The zero-order valence-corrected chi connectivity index (χ0v) is 15.7. The van der Waals surface area contributed by atoms with Crippen LogP contribution in [0.3, 0.4) is 0 Å². The van der Waals surface area contributed by atoms with Crippen molar-refractivity contribution in [3.8, 4) is 0 Å². The zero-order valence-electron chi connectivity index (χ0n) is 14.1. The van der Waals surface area contributed by atoms with Crippen molar-refractivity contribution < 1.29 is 4.74 Å². The maximum Gasteiger partial charge on any atom is 0.185 e. The third-order valence-electron chi connectivity index (χ3n) is 3.42. The van der Waals surface area contributed by atoms with Gasteiger partial charge in [-0.1, -0.05) is 13.8 Å². The number of thioether (sulfide) groups is 1. The molecule has 0 aliphatic heterocycles. The summed E-state index contributed by atoms with van der Waals surface area (Å²) in [7, 11) is 3.86. The lowest BCUT2D eigenvalue weighted by Crippen LogP contribution is -2.29. The highest BCUT2D eigenvalue weighted by Gasteiger charge is 2.17. The Morgan fingerprint density at radius 1 is 1.38 bits per heavy atom. The monoisotopic (exact) mass is 331 g/mol. The summed E-state index contributed by atoms with van der Waals surface area (Å²) in [5.74, 6) is 1.18.